The number of aromatic nitrogens is 2. The molecule has 108 valence electrons. The molecule has 0 aliphatic rings. The van der Waals surface area contributed by atoms with Gasteiger partial charge < -0.3 is 10.1 Å². The minimum absolute atomic E-state index is 0.267. The van der Waals surface area contributed by atoms with E-state index in [2.05, 4.69) is 14.9 Å². The zero-order valence-electron chi connectivity index (χ0n) is 11.7. The standard InChI is InChI=1S/C14H14N4O2S/c1-3-4-11-13(21-18-17-11)14(19)16-10-6-5-9(8-15)7-12(10)20-2/h5-7H,3-4H2,1-2H3,(H,16,19). The van der Waals surface area contributed by atoms with E-state index in [0.717, 1.165) is 18.0 Å². The minimum atomic E-state index is -0.267. The molecule has 0 bridgehead atoms. The van der Waals surface area contributed by atoms with Gasteiger partial charge in [0, 0.05) is 6.07 Å². The SMILES string of the molecule is CCCc1nnsc1C(=O)Nc1ccc(C#N)cc1OC. The van der Waals surface area contributed by atoms with Crippen LogP contribution in [0.5, 0.6) is 5.75 Å². The number of hydrogen-bond acceptors (Lipinski definition) is 6. The zero-order chi connectivity index (χ0) is 15.2. The summed E-state index contributed by atoms with van der Waals surface area (Å²) in [4.78, 5) is 12.8. The Labute approximate surface area is 126 Å². The quantitative estimate of drug-likeness (QED) is 0.917. The highest BCUT2D eigenvalue weighted by Gasteiger charge is 2.17. The van der Waals surface area contributed by atoms with Gasteiger partial charge in [-0.3, -0.25) is 4.79 Å². The smallest absolute Gasteiger partial charge is 0.269 e. The second-order valence-electron chi connectivity index (χ2n) is 4.28. The van der Waals surface area contributed by atoms with E-state index in [9.17, 15) is 4.79 Å². The molecule has 21 heavy (non-hydrogen) atoms. The van der Waals surface area contributed by atoms with Crippen LogP contribution in [0.2, 0.25) is 0 Å². The lowest BCUT2D eigenvalue weighted by molar-refractivity contribution is 0.102. The molecule has 1 heterocycles. The minimum Gasteiger partial charge on any atom is -0.495 e. The average Bonchev–Trinajstić information content (AvgIpc) is 2.96. The third-order valence-corrected chi connectivity index (χ3v) is 3.59. The topological polar surface area (TPSA) is 87.9 Å². The summed E-state index contributed by atoms with van der Waals surface area (Å²) in [6.45, 7) is 2.02. The summed E-state index contributed by atoms with van der Waals surface area (Å²) < 4.78 is 9.02. The van der Waals surface area contributed by atoms with Crippen molar-refractivity contribution in [3.63, 3.8) is 0 Å². The summed E-state index contributed by atoms with van der Waals surface area (Å²) in [5.41, 5.74) is 1.68. The first-order valence-electron chi connectivity index (χ1n) is 6.40. The van der Waals surface area contributed by atoms with E-state index in [0.29, 0.717) is 34.0 Å². The summed E-state index contributed by atoms with van der Waals surface area (Å²) in [5, 5.41) is 15.6. The lowest BCUT2D eigenvalue weighted by Gasteiger charge is -2.09. The van der Waals surface area contributed by atoms with Crippen LogP contribution in [0.1, 0.15) is 34.3 Å². The van der Waals surface area contributed by atoms with E-state index in [1.807, 2.05) is 13.0 Å². The number of benzene rings is 1. The van der Waals surface area contributed by atoms with E-state index >= 15 is 0 Å². The van der Waals surface area contributed by atoms with Crippen LogP contribution >= 0.6 is 11.5 Å². The predicted molar refractivity (Wildman–Crippen MR) is 79.6 cm³/mol. The van der Waals surface area contributed by atoms with Gasteiger partial charge in [-0.15, -0.1) is 5.10 Å². The second kappa shape index (κ2) is 6.81. The Hall–Kier alpha value is -2.46. The molecule has 0 radical (unpaired) electrons. The first-order valence-corrected chi connectivity index (χ1v) is 7.17. The third-order valence-electron chi connectivity index (χ3n) is 2.83. The average molecular weight is 302 g/mol. The number of hydrogen-bond donors (Lipinski definition) is 1. The summed E-state index contributed by atoms with van der Waals surface area (Å²) in [7, 11) is 1.49. The number of anilines is 1. The lowest BCUT2D eigenvalue weighted by atomic mass is 10.2. The molecule has 0 fully saturated rings. The molecule has 0 spiro atoms. The molecule has 0 atom stereocenters. The van der Waals surface area contributed by atoms with Gasteiger partial charge in [-0.25, -0.2) is 0 Å². The van der Waals surface area contributed by atoms with Crippen LogP contribution in [0.25, 0.3) is 0 Å². The van der Waals surface area contributed by atoms with Crippen molar-refractivity contribution >= 4 is 23.1 Å². The maximum absolute atomic E-state index is 12.3. The van der Waals surface area contributed by atoms with Crippen molar-refractivity contribution in [2.24, 2.45) is 0 Å². The molecule has 0 saturated heterocycles. The van der Waals surface area contributed by atoms with E-state index in [4.69, 9.17) is 10.00 Å². The fourth-order valence-corrected chi connectivity index (χ4v) is 2.43. The molecule has 0 aliphatic carbocycles. The number of nitrogens with one attached hydrogen (secondary N) is 1. The van der Waals surface area contributed by atoms with Crippen LogP contribution in [0.15, 0.2) is 18.2 Å². The number of ether oxygens (including phenoxy) is 1. The molecule has 0 unspecified atom stereocenters. The fraction of sp³-hybridized carbons (Fsp3) is 0.286. The van der Waals surface area contributed by atoms with Crippen molar-refractivity contribution in [2.45, 2.75) is 19.8 Å². The molecule has 1 aromatic carbocycles. The molecule has 7 heteroatoms. The largest absolute Gasteiger partial charge is 0.495 e. The van der Waals surface area contributed by atoms with Crippen molar-refractivity contribution < 1.29 is 9.53 Å². The molecule has 6 nitrogen and oxygen atoms in total. The number of aryl methyl sites for hydroxylation is 1. The molecule has 2 rings (SSSR count). The normalized spacial score (nSPS) is 9.95. The molecule has 2 aromatic rings. The predicted octanol–water partition coefficient (Wildman–Crippen LogP) is 2.62. The number of carbonyl (C=O) groups excluding carboxylic acids is 1. The van der Waals surface area contributed by atoms with Crippen LogP contribution in [0, 0.1) is 11.3 Å². The van der Waals surface area contributed by atoms with Gasteiger partial charge in [0.05, 0.1) is 30.1 Å². The summed E-state index contributed by atoms with van der Waals surface area (Å²) in [5.74, 6) is 0.174. The first kappa shape index (κ1) is 14.9. The van der Waals surface area contributed by atoms with Gasteiger partial charge in [0.2, 0.25) is 0 Å². The third kappa shape index (κ3) is 3.35. The Kier molecular flexibility index (Phi) is 4.85. The summed E-state index contributed by atoms with van der Waals surface area (Å²) >= 11 is 1.07. The Morgan fingerprint density at radius 1 is 1.52 bits per heavy atom. The Morgan fingerprint density at radius 2 is 2.33 bits per heavy atom. The Morgan fingerprint density at radius 3 is 3.00 bits per heavy atom. The molecule has 1 aromatic heterocycles. The molecule has 0 saturated carbocycles. The Balaban J connectivity index is 2.23. The molecule has 0 aliphatic heterocycles. The fourth-order valence-electron chi connectivity index (χ4n) is 1.82. The van der Waals surface area contributed by atoms with Gasteiger partial charge in [-0.1, -0.05) is 17.8 Å². The van der Waals surface area contributed by atoms with E-state index in [-0.39, 0.29) is 5.91 Å². The van der Waals surface area contributed by atoms with Crippen LogP contribution in [-0.2, 0) is 6.42 Å². The lowest BCUT2D eigenvalue weighted by Crippen LogP contribution is -2.13. The van der Waals surface area contributed by atoms with Gasteiger partial charge in [0.15, 0.2) is 0 Å². The van der Waals surface area contributed by atoms with E-state index in [1.54, 1.807) is 18.2 Å². The number of amides is 1. The van der Waals surface area contributed by atoms with Gasteiger partial charge in [-0.05, 0) is 30.1 Å². The highest BCUT2D eigenvalue weighted by molar-refractivity contribution is 7.08. The second-order valence-corrected chi connectivity index (χ2v) is 5.03. The molecular formula is C14H14N4O2S. The molecule has 1 amide bonds. The van der Waals surface area contributed by atoms with Gasteiger partial charge >= 0.3 is 0 Å². The summed E-state index contributed by atoms with van der Waals surface area (Å²) in [6.07, 6.45) is 1.61. The summed E-state index contributed by atoms with van der Waals surface area (Å²) in [6, 6.07) is 6.86. The number of carbonyl (C=O) groups is 1. The van der Waals surface area contributed by atoms with Crippen molar-refractivity contribution in [1.82, 2.24) is 9.59 Å². The van der Waals surface area contributed by atoms with Gasteiger partial charge in [0.1, 0.15) is 10.6 Å². The van der Waals surface area contributed by atoms with Crippen LogP contribution in [-0.4, -0.2) is 22.6 Å². The number of nitrogens with zero attached hydrogens (tertiary/aromatic N) is 3. The van der Waals surface area contributed by atoms with Crippen LogP contribution in [0.3, 0.4) is 0 Å². The number of rotatable bonds is 5. The van der Waals surface area contributed by atoms with Crippen molar-refractivity contribution in [1.29, 1.82) is 5.26 Å². The van der Waals surface area contributed by atoms with Crippen molar-refractivity contribution in [2.75, 3.05) is 12.4 Å². The highest BCUT2D eigenvalue weighted by atomic mass is 32.1. The van der Waals surface area contributed by atoms with E-state index < -0.39 is 0 Å². The maximum Gasteiger partial charge on any atom is 0.269 e. The number of methoxy groups -OCH3 is 1. The monoisotopic (exact) mass is 302 g/mol. The van der Waals surface area contributed by atoms with Crippen LogP contribution in [0.4, 0.5) is 5.69 Å². The Bertz CT molecular complexity index is 691. The molecular weight excluding hydrogens is 288 g/mol. The maximum atomic E-state index is 12.3. The van der Waals surface area contributed by atoms with Crippen molar-refractivity contribution in [3.8, 4) is 11.8 Å². The van der Waals surface area contributed by atoms with Gasteiger partial charge in [0.25, 0.3) is 5.91 Å². The van der Waals surface area contributed by atoms with Crippen molar-refractivity contribution in [3.05, 3.63) is 34.3 Å². The number of nitriles is 1. The zero-order valence-corrected chi connectivity index (χ0v) is 12.5. The molecule has 1 N–H and O–H groups in total. The van der Waals surface area contributed by atoms with Crippen LogP contribution < -0.4 is 10.1 Å². The first-order chi connectivity index (χ1) is 10.2. The van der Waals surface area contributed by atoms with Gasteiger partial charge in [-0.2, -0.15) is 5.26 Å². The highest BCUT2D eigenvalue weighted by Crippen LogP contribution is 2.26. The van der Waals surface area contributed by atoms with E-state index in [1.165, 1.54) is 7.11 Å².